The first kappa shape index (κ1) is 18.9. The van der Waals surface area contributed by atoms with Crippen molar-refractivity contribution in [3.05, 3.63) is 41.5 Å². The number of aromatic nitrogens is 1. The van der Waals surface area contributed by atoms with Gasteiger partial charge in [0.1, 0.15) is 5.52 Å². The van der Waals surface area contributed by atoms with E-state index in [0.29, 0.717) is 11.8 Å². The lowest BCUT2D eigenvalue weighted by atomic mass is 9.85. The third-order valence-corrected chi connectivity index (χ3v) is 7.26. The summed E-state index contributed by atoms with van der Waals surface area (Å²) in [6, 6.07) is 10.0. The van der Waals surface area contributed by atoms with Crippen molar-refractivity contribution in [1.29, 1.82) is 0 Å². The molecule has 2 aliphatic heterocycles. The molecule has 1 aliphatic carbocycles. The van der Waals surface area contributed by atoms with E-state index in [1.807, 2.05) is 24.3 Å². The Morgan fingerprint density at radius 2 is 1.65 bits per heavy atom. The maximum absolute atomic E-state index is 13.7. The van der Waals surface area contributed by atoms with Crippen molar-refractivity contribution < 1.29 is 9.32 Å². The summed E-state index contributed by atoms with van der Waals surface area (Å²) in [6.45, 7) is 8.70. The minimum absolute atomic E-state index is 0.101. The summed E-state index contributed by atoms with van der Waals surface area (Å²) in [7, 11) is 0. The summed E-state index contributed by atoms with van der Waals surface area (Å²) in [5, 5.41) is 5.46. The molecular formula is C26H29N3O2. The lowest BCUT2D eigenvalue weighted by molar-refractivity contribution is 0.104. The Morgan fingerprint density at radius 3 is 2.39 bits per heavy atom. The Hall–Kier alpha value is -2.82. The summed E-state index contributed by atoms with van der Waals surface area (Å²) in [5.74, 6) is 2.12. The van der Waals surface area contributed by atoms with Gasteiger partial charge >= 0.3 is 0 Å². The second-order valence-corrected chi connectivity index (χ2v) is 9.80. The van der Waals surface area contributed by atoms with E-state index in [9.17, 15) is 4.79 Å². The van der Waals surface area contributed by atoms with Crippen LogP contribution in [0, 0.1) is 11.8 Å². The van der Waals surface area contributed by atoms with Crippen LogP contribution in [-0.2, 0) is 0 Å². The number of carbonyl (C=O) groups is 1. The highest BCUT2D eigenvalue weighted by Crippen LogP contribution is 2.47. The monoisotopic (exact) mass is 415 g/mol. The number of hydrogen-bond acceptors (Lipinski definition) is 5. The fourth-order valence-corrected chi connectivity index (χ4v) is 6.01. The molecule has 0 unspecified atom stereocenters. The number of fused-ring (bicyclic) bond motifs is 2. The number of anilines is 2. The highest BCUT2D eigenvalue weighted by atomic mass is 16.5. The van der Waals surface area contributed by atoms with Crippen LogP contribution in [0.1, 0.15) is 55.5 Å². The fourth-order valence-electron chi connectivity index (χ4n) is 6.01. The molecule has 0 bridgehead atoms. The molecule has 2 atom stereocenters. The highest BCUT2D eigenvalue weighted by molar-refractivity contribution is 6.28. The minimum atomic E-state index is 0.101. The summed E-state index contributed by atoms with van der Waals surface area (Å²) >= 11 is 0. The van der Waals surface area contributed by atoms with Gasteiger partial charge in [-0.2, -0.15) is 0 Å². The second-order valence-electron chi connectivity index (χ2n) is 9.80. The van der Waals surface area contributed by atoms with Crippen molar-refractivity contribution >= 4 is 28.1 Å². The second kappa shape index (κ2) is 7.11. The lowest BCUT2D eigenvalue weighted by Crippen LogP contribution is -2.39. The van der Waals surface area contributed by atoms with Crippen LogP contribution in [0.15, 0.2) is 34.9 Å². The van der Waals surface area contributed by atoms with E-state index < -0.39 is 0 Å². The maximum Gasteiger partial charge on any atom is 0.196 e. The number of ketones is 1. The van der Waals surface area contributed by atoms with Gasteiger partial charge in [0, 0.05) is 37.3 Å². The van der Waals surface area contributed by atoms with Gasteiger partial charge in [0.25, 0.3) is 0 Å². The van der Waals surface area contributed by atoms with Crippen LogP contribution in [0.25, 0.3) is 22.2 Å². The molecule has 2 aromatic carbocycles. The number of carbonyl (C=O) groups excluding carboxylic acids is 1. The van der Waals surface area contributed by atoms with Crippen LogP contribution in [0.3, 0.4) is 0 Å². The van der Waals surface area contributed by atoms with Crippen molar-refractivity contribution in [3.63, 3.8) is 0 Å². The maximum atomic E-state index is 13.7. The average Bonchev–Trinajstić information content (AvgIpc) is 3.22. The van der Waals surface area contributed by atoms with E-state index in [1.165, 1.54) is 25.7 Å². The van der Waals surface area contributed by atoms with E-state index in [4.69, 9.17) is 4.52 Å². The molecular weight excluding hydrogens is 386 g/mol. The van der Waals surface area contributed by atoms with E-state index in [2.05, 4.69) is 34.9 Å². The molecule has 3 aliphatic rings. The van der Waals surface area contributed by atoms with Gasteiger partial charge in [-0.1, -0.05) is 43.3 Å². The molecule has 6 rings (SSSR count). The molecule has 3 aromatic rings. The van der Waals surface area contributed by atoms with Crippen LogP contribution in [0.2, 0.25) is 0 Å². The van der Waals surface area contributed by atoms with Gasteiger partial charge in [-0.25, -0.2) is 0 Å². The van der Waals surface area contributed by atoms with Gasteiger partial charge in [0.2, 0.25) is 0 Å². The molecule has 31 heavy (non-hydrogen) atoms. The van der Waals surface area contributed by atoms with Gasteiger partial charge in [0.15, 0.2) is 11.5 Å². The summed E-state index contributed by atoms with van der Waals surface area (Å²) in [5.41, 5.74) is 5.41. The standard InChI is InChI=1S/C26H29N3O2/c1-16-12-17(2)15-29(14-16)21-13-20(28-10-6-3-7-11-28)22-23-24(21)27-31-26(23)19-9-5-4-8-18(19)25(22)30/h4-5,8-9,13,16-17H,3,6-7,10-12,14-15H2,1-2H3/t16-,17-/m0/s1. The Bertz CT molecular complexity index is 1160. The van der Waals surface area contributed by atoms with Crippen LogP contribution in [0.4, 0.5) is 11.4 Å². The molecule has 0 amide bonds. The summed E-state index contributed by atoms with van der Waals surface area (Å²) < 4.78 is 5.95. The first-order valence-electron chi connectivity index (χ1n) is 11.7. The number of hydrogen-bond donors (Lipinski definition) is 0. The normalized spacial score (nSPS) is 23.4. The molecule has 0 N–H and O–H groups in total. The molecule has 0 saturated carbocycles. The Morgan fingerprint density at radius 1 is 0.935 bits per heavy atom. The minimum Gasteiger partial charge on any atom is -0.371 e. The molecule has 160 valence electrons. The van der Waals surface area contributed by atoms with Crippen molar-refractivity contribution in [2.45, 2.75) is 39.5 Å². The van der Waals surface area contributed by atoms with E-state index in [0.717, 1.165) is 70.9 Å². The third kappa shape index (κ3) is 2.89. The fraction of sp³-hybridized carbons (Fsp3) is 0.462. The first-order valence-corrected chi connectivity index (χ1v) is 11.7. The predicted molar refractivity (Wildman–Crippen MR) is 124 cm³/mol. The number of benzene rings is 2. The highest BCUT2D eigenvalue weighted by Gasteiger charge is 2.36. The quantitative estimate of drug-likeness (QED) is 0.432. The van der Waals surface area contributed by atoms with Crippen molar-refractivity contribution in [3.8, 4) is 11.3 Å². The van der Waals surface area contributed by atoms with Crippen LogP contribution < -0.4 is 9.80 Å². The molecule has 5 heteroatoms. The molecule has 0 spiro atoms. The summed E-state index contributed by atoms with van der Waals surface area (Å²) in [6.07, 6.45) is 4.86. The van der Waals surface area contributed by atoms with Crippen molar-refractivity contribution in [2.24, 2.45) is 11.8 Å². The Balaban J connectivity index is 1.62. The number of piperidine rings is 2. The van der Waals surface area contributed by atoms with E-state index in [1.54, 1.807) is 0 Å². The zero-order valence-corrected chi connectivity index (χ0v) is 18.4. The zero-order valence-electron chi connectivity index (χ0n) is 18.4. The Kier molecular flexibility index (Phi) is 4.34. The van der Waals surface area contributed by atoms with Gasteiger partial charge < -0.3 is 14.3 Å². The first-order chi connectivity index (χ1) is 15.1. The van der Waals surface area contributed by atoms with Gasteiger partial charge in [-0.3, -0.25) is 4.79 Å². The average molecular weight is 416 g/mol. The SMILES string of the molecule is C[C@H]1C[C@H](C)CN(c2cc(N3CCCCC3)c3c4c(onc24)-c2ccccc2C3=O)C1. The zero-order chi connectivity index (χ0) is 21.1. The van der Waals surface area contributed by atoms with Gasteiger partial charge in [0.05, 0.1) is 22.3 Å². The summed E-state index contributed by atoms with van der Waals surface area (Å²) in [4.78, 5) is 18.6. The van der Waals surface area contributed by atoms with Crippen LogP contribution in [-0.4, -0.2) is 37.1 Å². The molecule has 2 fully saturated rings. The van der Waals surface area contributed by atoms with Gasteiger partial charge in [-0.15, -0.1) is 0 Å². The number of nitrogens with zero attached hydrogens (tertiary/aromatic N) is 3. The molecule has 0 radical (unpaired) electrons. The van der Waals surface area contributed by atoms with Crippen molar-refractivity contribution in [1.82, 2.24) is 5.16 Å². The molecule has 5 nitrogen and oxygen atoms in total. The number of rotatable bonds is 2. The molecule has 3 heterocycles. The topological polar surface area (TPSA) is 49.6 Å². The molecule has 2 saturated heterocycles. The van der Waals surface area contributed by atoms with Crippen LogP contribution >= 0.6 is 0 Å². The predicted octanol–water partition coefficient (Wildman–Crippen LogP) is 5.51. The van der Waals surface area contributed by atoms with E-state index >= 15 is 0 Å². The van der Waals surface area contributed by atoms with Gasteiger partial charge in [-0.05, 0) is 43.6 Å². The largest absolute Gasteiger partial charge is 0.371 e. The van der Waals surface area contributed by atoms with Crippen LogP contribution in [0.5, 0.6) is 0 Å². The smallest absolute Gasteiger partial charge is 0.196 e. The molecule has 1 aromatic heterocycles. The lowest BCUT2D eigenvalue weighted by Gasteiger charge is -2.38. The Labute approximate surface area is 183 Å². The third-order valence-electron chi connectivity index (χ3n) is 7.26. The van der Waals surface area contributed by atoms with E-state index in [-0.39, 0.29) is 5.78 Å². The van der Waals surface area contributed by atoms with Crippen molar-refractivity contribution in [2.75, 3.05) is 36.0 Å².